The molecule has 0 radical (unpaired) electrons. The van der Waals surface area contributed by atoms with Gasteiger partial charge in [-0.05, 0) is 59.6 Å². The molecule has 0 spiro atoms. The molecule has 1 aromatic heterocycles. The number of nitrogens with zero attached hydrogens (tertiary/aromatic N) is 2. The maximum Gasteiger partial charge on any atom is 0.305 e. The van der Waals surface area contributed by atoms with Crippen LogP contribution < -0.4 is 4.87 Å². The standard InChI is InChI=1S/C26H19Cl2N3O3S2/c27-13-5-1-11(2-6-13)10-29-31-24(32)19-15-9-16(20(19)25(31)33)21-18(15)17(12-3-7-14(28)8-4-12)22-23(35-21)30-26(34)36-22/h1-8,10,15-21H,9H2,(H,30,34)/b29-10-/t15-,16-,17-,18-,19+,20-,21-/m1/s1. The number of hydrogen-bond acceptors (Lipinski definition) is 6. The molecule has 2 saturated carbocycles. The number of rotatable bonds is 3. The summed E-state index contributed by atoms with van der Waals surface area (Å²) in [5.41, 5.74) is 1.85. The van der Waals surface area contributed by atoms with Crippen molar-refractivity contribution in [3.63, 3.8) is 0 Å². The quantitative estimate of drug-likeness (QED) is 0.353. The predicted molar refractivity (Wildman–Crippen MR) is 141 cm³/mol. The molecule has 1 saturated heterocycles. The van der Waals surface area contributed by atoms with Gasteiger partial charge in [0.15, 0.2) is 0 Å². The molecule has 3 aromatic rings. The molecule has 182 valence electrons. The van der Waals surface area contributed by atoms with Crippen LogP contribution in [-0.2, 0) is 9.59 Å². The Balaban J connectivity index is 1.25. The van der Waals surface area contributed by atoms with Crippen molar-refractivity contribution >= 4 is 64.3 Å². The molecule has 10 heteroatoms. The zero-order valence-electron chi connectivity index (χ0n) is 18.6. The number of aromatic amines is 1. The minimum absolute atomic E-state index is 0.0158. The second-order valence-electron chi connectivity index (χ2n) is 9.80. The van der Waals surface area contributed by atoms with Crippen molar-refractivity contribution in [1.82, 2.24) is 9.99 Å². The van der Waals surface area contributed by atoms with Gasteiger partial charge in [-0.15, -0.1) is 11.8 Å². The summed E-state index contributed by atoms with van der Waals surface area (Å²) in [5, 5.41) is 7.69. The van der Waals surface area contributed by atoms with Crippen LogP contribution in [0.15, 0.2) is 63.5 Å². The van der Waals surface area contributed by atoms with Crippen LogP contribution in [0.5, 0.6) is 0 Å². The average Bonchev–Trinajstić information content (AvgIpc) is 3.59. The number of carbonyl (C=O) groups excluding carboxylic acids is 2. The lowest BCUT2D eigenvalue weighted by atomic mass is 9.68. The maximum atomic E-state index is 13.6. The van der Waals surface area contributed by atoms with Gasteiger partial charge in [-0.2, -0.15) is 10.1 Å². The molecule has 2 aliphatic heterocycles. The molecule has 3 fully saturated rings. The van der Waals surface area contributed by atoms with Gasteiger partial charge in [0.05, 0.1) is 23.1 Å². The van der Waals surface area contributed by atoms with Crippen LogP contribution in [0.2, 0.25) is 10.0 Å². The van der Waals surface area contributed by atoms with E-state index in [0.29, 0.717) is 10.0 Å². The molecule has 36 heavy (non-hydrogen) atoms. The predicted octanol–water partition coefficient (Wildman–Crippen LogP) is 5.25. The second-order valence-corrected chi connectivity index (χ2v) is 12.9. The number of amides is 2. The van der Waals surface area contributed by atoms with Gasteiger partial charge >= 0.3 is 4.87 Å². The number of fused-ring (bicyclic) bond motifs is 9. The van der Waals surface area contributed by atoms with Crippen molar-refractivity contribution < 1.29 is 9.59 Å². The molecule has 3 heterocycles. The first-order valence-corrected chi connectivity index (χ1v) is 14.2. The summed E-state index contributed by atoms with van der Waals surface area (Å²) in [4.78, 5) is 43.3. The smallest absolute Gasteiger partial charge is 0.305 e. The first-order chi connectivity index (χ1) is 17.4. The number of nitrogens with one attached hydrogen (secondary N) is 1. The van der Waals surface area contributed by atoms with Crippen molar-refractivity contribution in [3.05, 3.63) is 84.2 Å². The first kappa shape index (κ1) is 22.8. The average molecular weight is 556 g/mol. The molecule has 2 aliphatic carbocycles. The topological polar surface area (TPSA) is 82.6 Å². The highest BCUT2D eigenvalue weighted by molar-refractivity contribution is 8.00. The van der Waals surface area contributed by atoms with Crippen LogP contribution in [-0.4, -0.2) is 33.3 Å². The van der Waals surface area contributed by atoms with Crippen molar-refractivity contribution in [2.24, 2.45) is 34.7 Å². The third kappa shape index (κ3) is 3.31. The molecule has 2 bridgehead atoms. The van der Waals surface area contributed by atoms with Gasteiger partial charge in [0.25, 0.3) is 11.8 Å². The number of hydrogen-bond donors (Lipinski definition) is 1. The minimum atomic E-state index is -0.376. The highest BCUT2D eigenvalue weighted by atomic mass is 35.5. The van der Waals surface area contributed by atoms with Crippen LogP contribution in [0.1, 0.15) is 28.3 Å². The monoisotopic (exact) mass is 555 g/mol. The Morgan fingerprint density at radius 1 is 0.917 bits per heavy atom. The summed E-state index contributed by atoms with van der Waals surface area (Å²) >= 11 is 15.0. The van der Waals surface area contributed by atoms with E-state index in [1.54, 1.807) is 36.0 Å². The van der Waals surface area contributed by atoms with E-state index in [2.05, 4.69) is 10.1 Å². The number of thioether (sulfide) groups is 1. The number of halogens is 2. The van der Waals surface area contributed by atoms with Gasteiger partial charge in [-0.1, -0.05) is 58.8 Å². The number of thiazole rings is 1. The van der Waals surface area contributed by atoms with E-state index in [1.807, 2.05) is 24.3 Å². The Labute approximate surface area is 224 Å². The number of imide groups is 1. The lowest BCUT2D eigenvalue weighted by molar-refractivity contribution is -0.140. The van der Waals surface area contributed by atoms with E-state index in [4.69, 9.17) is 23.2 Å². The number of benzene rings is 2. The zero-order valence-corrected chi connectivity index (χ0v) is 21.8. The van der Waals surface area contributed by atoms with Gasteiger partial charge in [-0.3, -0.25) is 14.4 Å². The van der Waals surface area contributed by atoms with Crippen LogP contribution in [0.3, 0.4) is 0 Å². The molecule has 7 atom stereocenters. The zero-order chi connectivity index (χ0) is 24.7. The van der Waals surface area contributed by atoms with Crippen molar-refractivity contribution in [2.75, 3.05) is 0 Å². The Bertz CT molecular complexity index is 1480. The maximum absolute atomic E-state index is 13.6. The summed E-state index contributed by atoms with van der Waals surface area (Å²) < 4.78 is 0. The van der Waals surface area contributed by atoms with Crippen LogP contribution in [0.25, 0.3) is 0 Å². The van der Waals surface area contributed by atoms with Gasteiger partial charge in [0.2, 0.25) is 0 Å². The molecule has 0 unspecified atom stereocenters. The summed E-state index contributed by atoms with van der Waals surface area (Å²) in [7, 11) is 0. The third-order valence-electron chi connectivity index (χ3n) is 8.12. The van der Waals surface area contributed by atoms with E-state index < -0.39 is 0 Å². The number of carbonyl (C=O) groups is 2. The Hall–Kier alpha value is -2.39. The minimum Gasteiger partial charge on any atom is -0.307 e. The van der Waals surface area contributed by atoms with E-state index in [1.165, 1.54) is 17.6 Å². The van der Waals surface area contributed by atoms with Gasteiger partial charge in [0, 0.05) is 26.1 Å². The van der Waals surface area contributed by atoms with Crippen LogP contribution >= 0.6 is 46.3 Å². The van der Waals surface area contributed by atoms with Gasteiger partial charge in [0.1, 0.15) is 0 Å². The molecule has 1 N–H and O–H groups in total. The summed E-state index contributed by atoms with van der Waals surface area (Å²) in [5.74, 6) is -0.917. The molecular weight excluding hydrogens is 537 g/mol. The van der Waals surface area contributed by atoms with Gasteiger partial charge in [-0.25, -0.2) is 0 Å². The number of hydrazone groups is 1. The van der Waals surface area contributed by atoms with E-state index in [-0.39, 0.29) is 57.4 Å². The molecular formula is C26H19Cl2N3O3S2. The molecule has 6 nitrogen and oxygen atoms in total. The van der Waals surface area contributed by atoms with E-state index >= 15 is 0 Å². The normalized spacial score (nSPS) is 32.3. The Morgan fingerprint density at radius 3 is 2.25 bits per heavy atom. The fraction of sp³-hybridized carbons (Fsp3) is 0.308. The lowest BCUT2D eigenvalue weighted by Crippen LogP contribution is -2.42. The third-order valence-corrected chi connectivity index (χ3v) is 11.2. The fourth-order valence-electron chi connectivity index (χ4n) is 6.83. The van der Waals surface area contributed by atoms with Crippen molar-refractivity contribution in [3.8, 4) is 0 Å². The van der Waals surface area contributed by atoms with Crippen molar-refractivity contribution in [1.29, 1.82) is 0 Å². The largest absolute Gasteiger partial charge is 0.307 e. The highest BCUT2D eigenvalue weighted by Gasteiger charge is 2.69. The molecule has 2 amide bonds. The Kier molecular flexibility index (Phi) is 5.26. The van der Waals surface area contributed by atoms with Crippen molar-refractivity contribution in [2.45, 2.75) is 22.6 Å². The number of H-pyrrole nitrogens is 1. The van der Waals surface area contributed by atoms with Crippen LogP contribution in [0, 0.1) is 29.6 Å². The molecule has 7 rings (SSSR count). The lowest BCUT2D eigenvalue weighted by Gasteiger charge is -2.43. The van der Waals surface area contributed by atoms with Gasteiger partial charge < -0.3 is 4.98 Å². The second kappa shape index (κ2) is 8.31. The van der Waals surface area contributed by atoms with E-state index in [9.17, 15) is 14.4 Å². The fourth-order valence-corrected chi connectivity index (χ4v) is 9.97. The Morgan fingerprint density at radius 2 is 1.56 bits per heavy atom. The summed E-state index contributed by atoms with van der Waals surface area (Å²) in [6, 6.07) is 14.8. The highest BCUT2D eigenvalue weighted by Crippen LogP contribution is 2.68. The van der Waals surface area contributed by atoms with Crippen LogP contribution in [0.4, 0.5) is 0 Å². The number of aromatic nitrogens is 1. The molecule has 4 aliphatic rings. The van der Waals surface area contributed by atoms with E-state index in [0.717, 1.165) is 32.5 Å². The molecule has 2 aromatic carbocycles. The first-order valence-electron chi connectivity index (χ1n) is 11.7. The summed E-state index contributed by atoms with van der Waals surface area (Å²) in [6.07, 6.45) is 2.38. The SMILES string of the molecule is O=C1[C@@H]2[C@H]3C[C@@H]([C@@H]2C(=O)N1/N=C\c1ccc(Cl)cc1)[C@@H]1[C@@H](c2ccc(Cl)cc2)c2sc(=O)[nH]c2S[C@H]31. The summed E-state index contributed by atoms with van der Waals surface area (Å²) in [6.45, 7) is 0.